The van der Waals surface area contributed by atoms with Crippen molar-refractivity contribution in [1.29, 1.82) is 0 Å². The third-order valence-electron chi connectivity index (χ3n) is 0. The van der Waals surface area contributed by atoms with Crippen LogP contribution in [0, 0.1) is 0 Å². The molecule has 0 saturated carbocycles. The standard InChI is InChI=1S/BrH.3ClH.Ti/h4*1H;/q;;;;+3/p-3. The Labute approximate surface area is 59.0 Å². The Kier molecular flexibility index (Phi) is 12.3. The van der Waals surface area contributed by atoms with Gasteiger partial charge in [0.15, 0.2) is 0 Å². The molecule has 0 unspecified atom stereocenters. The molecule has 5 heteroatoms. The minimum absolute atomic E-state index is 0. The first-order valence-electron chi connectivity index (χ1n) is 0.567. The fourth-order valence-corrected chi connectivity index (χ4v) is 0. The van der Waals surface area contributed by atoms with Gasteiger partial charge >= 0.3 is 42.6 Å². The average Bonchev–Trinajstić information content (AvgIpc) is 0.811. The number of hydrogen-bond acceptors (Lipinski definition) is 0. The fraction of sp³-hybridized carbons (Fsp3) is 0. The molecule has 0 aromatic heterocycles. The van der Waals surface area contributed by atoms with Gasteiger partial charge in [0.1, 0.15) is 0 Å². The maximum absolute atomic E-state index is 4.97. The van der Waals surface area contributed by atoms with E-state index >= 15 is 0 Å². The Morgan fingerprint density at radius 2 is 1.00 bits per heavy atom. The van der Waals surface area contributed by atoms with Crippen molar-refractivity contribution in [2.24, 2.45) is 0 Å². The van der Waals surface area contributed by atoms with Crippen molar-refractivity contribution < 1.29 is 14.7 Å². The van der Waals surface area contributed by atoms with Gasteiger partial charge < -0.3 is 0 Å². The van der Waals surface area contributed by atoms with E-state index in [0.29, 0.717) is 0 Å². The second-order valence-electron chi connectivity index (χ2n) is 0.214. The zero-order valence-electron chi connectivity index (χ0n) is 2.04. The molecule has 0 bridgehead atoms. The molecule has 0 aliphatic carbocycles. The zero-order valence-corrected chi connectivity index (χ0v) is 7.58. The molecule has 0 fully saturated rings. The van der Waals surface area contributed by atoms with E-state index in [2.05, 4.69) is 0 Å². The van der Waals surface area contributed by atoms with Crippen molar-refractivity contribution in [2.75, 3.05) is 0 Å². The molecule has 0 nitrogen and oxygen atoms in total. The molecule has 0 radical (unpaired) electrons. The number of halogens is 4. The Morgan fingerprint density at radius 3 is 1.00 bits per heavy atom. The van der Waals surface area contributed by atoms with E-state index in [-0.39, 0.29) is 17.0 Å². The van der Waals surface area contributed by atoms with Gasteiger partial charge in [0.2, 0.25) is 0 Å². The zero-order chi connectivity index (χ0) is 3.58. The molecular weight excluding hydrogens is 234 g/mol. The van der Waals surface area contributed by atoms with Crippen molar-refractivity contribution in [3.8, 4) is 0 Å². The van der Waals surface area contributed by atoms with E-state index in [1.54, 1.807) is 0 Å². The second-order valence-corrected chi connectivity index (χ2v) is 7.95. The van der Waals surface area contributed by atoms with E-state index in [0.717, 1.165) is 0 Å². The molecule has 0 spiro atoms. The van der Waals surface area contributed by atoms with E-state index in [1.165, 1.54) is 0 Å². The van der Waals surface area contributed by atoms with Crippen molar-refractivity contribution in [3.05, 3.63) is 0 Å². The predicted octanol–water partition coefficient (Wildman–Crippen LogP) is 2.64. The Bertz CT molecular complexity index is 11.6. The van der Waals surface area contributed by atoms with Gasteiger partial charge in [0.25, 0.3) is 0 Å². The van der Waals surface area contributed by atoms with Gasteiger partial charge in [-0.05, 0) is 0 Å². The molecule has 0 saturated heterocycles. The van der Waals surface area contributed by atoms with Gasteiger partial charge in [-0.25, -0.2) is 0 Å². The van der Waals surface area contributed by atoms with Crippen LogP contribution in [-0.2, 0) is 14.7 Å². The van der Waals surface area contributed by atoms with Crippen LogP contribution in [0.2, 0.25) is 0 Å². The second kappa shape index (κ2) is 6.06. The summed E-state index contributed by atoms with van der Waals surface area (Å²) in [7, 11) is 14.9. The van der Waals surface area contributed by atoms with Crippen LogP contribution < -0.4 is 0 Å². The summed E-state index contributed by atoms with van der Waals surface area (Å²) < 4.78 is 0. The summed E-state index contributed by atoms with van der Waals surface area (Å²) in [5.74, 6) is 0. The fourth-order valence-electron chi connectivity index (χ4n) is 0. The molecule has 33 valence electrons. The molecule has 0 aliphatic rings. The first kappa shape index (κ1) is 10.1. The summed E-state index contributed by atoms with van der Waals surface area (Å²) in [4.78, 5) is 0. The monoisotopic (exact) mass is 233 g/mol. The summed E-state index contributed by atoms with van der Waals surface area (Å²) in [5.41, 5.74) is 0. The molecule has 0 rings (SSSR count). The van der Waals surface area contributed by atoms with Gasteiger partial charge in [0.05, 0.1) is 0 Å². The van der Waals surface area contributed by atoms with Crippen LogP contribution in [0.5, 0.6) is 0 Å². The van der Waals surface area contributed by atoms with Crippen molar-refractivity contribution in [1.82, 2.24) is 0 Å². The topological polar surface area (TPSA) is 0 Å². The summed E-state index contributed by atoms with van der Waals surface area (Å²) in [6.07, 6.45) is 0. The summed E-state index contributed by atoms with van der Waals surface area (Å²) in [6, 6.07) is 0. The predicted molar refractivity (Wildman–Crippen MR) is 27.9 cm³/mol. The molecule has 0 aromatic rings. The molecule has 0 atom stereocenters. The van der Waals surface area contributed by atoms with Gasteiger partial charge in [0, 0.05) is 0 Å². The van der Waals surface area contributed by atoms with Crippen LogP contribution in [0.4, 0.5) is 0 Å². The third kappa shape index (κ3) is 23.5. The summed E-state index contributed by atoms with van der Waals surface area (Å²) in [6.45, 7) is 0. The van der Waals surface area contributed by atoms with E-state index in [9.17, 15) is 0 Å². The Balaban J connectivity index is 0. The third-order valence-corrected chi connectivity index (χ3v) is 0. The summed E-state index contributed by atoms with van der Waals surface area (Å²) >= 11 is -1.92. The van der Waals surface area contributed by atoms with E-state index in [1.807, 2.05) is 0 Å². The van der Waals surface area contributed by atoms with Gasteiger partial charge in [-0.2, -0.15) is 0 Å². The van der Waals surface area contributed by atoms with Crippen LogP contribution in [0.3, 0.4) is 0 Å². The van der Waals surface area contributed by atoms with Crippen molar-refractivity contribution in [2.45, 2.75) is 0 Å². The van der Waals surface area contributed by atoms with Gasteiger partial charge in [-0.1, -0.05) is 0 Å². The molecule has 0 aliphatic heterocycles. The normalized spacial score (nSPS) is 5.40. The van der Waals surface area contributed by atoms with Crippen molar-refractivity contribution in [3.63, 3.8) is 0 Å². The van der Waals surface area contributed by atoms with Gasteiger partial charge in [-0.3, -0.25) is 0 Å². The molecule has 0 aromatic carbocycles. The van der Waals surface area contributed by atoms with E-state index in [4.69, 9.17) is 27.9 Å². The van der Waals surface area contributed by atoms with E-state index < -0.39 is 14.7 Å². The molecule has 0 N–H and O–H groups in total. The first-order chi connectivity index (χ1) is 1.73. The Morgan fingerprint density at radius 1 is 1.00 bits per heavy atom. The van der Waals surface area contributed by atoms with Crippen molar-refractivity contribution >= 4 is 44.9 Å². The first-order valence-corrected chi connectivity index (χ1v) is 7.01. The minimum atomic E-state index is -1.92. The van der Waals surface area contributed by atoms with Crippen LogP contribution in [0.1, 0.15) is 0 Å². The van der Waals surface area contributed by atoms with Crippen LogP contribution in [0.25, 0.3) is 0 Å². The van der Waals surface area contributed by atoms with Crippen LogP contribution in [0.15, 0.2) is 0 Å². The Hall–Kier alpha value is 2.06. The molecule has 0 amide bonds. The SMILES string of the molecule is Br.[Cl][Ti]([Cl])[Cl]. The average molecular weight is 235 g/mol. The molecular formula is HBrCl3Ti. The van der Waals surface area contributed by atoms with Crippen LogP contribution in [-0.4, -0.2) is 0 Å². The van der Waals surface area contributed by atoms with Gasteiger partial charge in [-0.15, -0.1) is 17.0 Å². The molecule has 5 heavy (non-hydrogen) atoms. The molecule has 0 heterocycles. The maximum atomic E-state index is 4.97. The number of rotatable bonds is 0. The number of hydrogen-bond donors (Lipinski definition) is 0. The summed E-state index contributed by atoms with van der Waals surface area (Å²) in [5, 5.41) is 0. The quantitative estimate of drug-likeness (QED) is 0.566. The van der Waals surface area contributed by atoms with Crippen LogP contribution >= 0.6 is 44.9 Å².